The Kier molecular flexibility index (Phi) is 5.01. The molecule has 150 valence electrons. The standard InChI is InChI=1S/C25H28N2OSe/c1-2-25(15-17-29-18-8-4-3-5-9-18)14-12-22(28)27-16-13-20-19-10-6-7-11-21(19)26-23(20)24(25)27/h3-11,24,26H,2,12-17H2,1H3/t24-,25+/m0/s1. The van der Waals surface area contributed by atoms with Crippen LogP contribution < -0.4 is 4.46 Å². The number of nitrogens with one attached hydrogen (secondary N) is 1. The van der Waals surface area contributed by atoms with Crippen molar-refractivity contribution in [2.24, 2.45) is 5.41 Å². The van der Waals surface area contributed by atoms with Crippen molar-refractivity contribution in [1.82, 2.24) is 9.88 Å². The molecule has 2 atom stereocenters. The van der Waals surface area contributed by atoms with E-state index in [2.05, 4.69) is 71.4 Å². The fraction of sp³-hybridized carbons (Fsp3) is 0.400. The van der Waals surface area contributed by atoms with Gasteiger partial charge in [0.25, 0.3) is 0 Å². The fourth-order valence-electron chi connectivity index (χ4n) is 5.48. The van der Waals surface area contributed by atoms with Crippen molar-refractivity contribution in [3.8, 4) is 0 Å². The first-order valence-corrected chi connectivity index (χ1v) is 12.9. The van der Waals surface area contributed by atoms with E-state index in [-0.39, 0.29) is 11.5 Å². The summed E-state index contributed by atoms with van der Waals surface area (Å²) in [7, 11) is 0. The van der Waals surface area contributed by atoms with Crippen LogP contribution in [-0.2, 0) is 11.2 Å². The Morgan fingerprint density at radius 1 is 1.10 bits per heavy atom. The van der Waals surface area contributed by atoms with Crippen LogP contribution >= 0.6 is 0 Å². The number of benzene rings is 2. The number of aromatic nitrogens is 1. The summed E-state index contributed by atoms with van der Waals surface area (Å²) < 4.78 is 1.48. The zero-order chi connectivity index (χ0) is 19.8. The number of fused-ring (bicyclic) bond motifs is 5. The molecule has 4 heteroatoms. The molecule has 1 fully saturated rings. The van der Waals surface area contributed by atoms with E-state index in [0.29, 0.717) is 27.3 Å². The van der Waals surface area contributed by atoms with Crippen molar-refractivity contribution in [2.45, 2.75) is 50.4 Å². The van der Waals surface area contributed by atoms with Crippen molar-refractivity contribution >= 4 is 36.2 Å². The Balaban J connectivity index is 1.50. The number of para-hydroxylation sites is 1. The second kappa shape index (κ2) is 7.66. The topological polar surface area (TPSA) is 36.1 Å². The third-order valence-electron chi connectivity index (χ3n) is 7.09. The van der Waals surface area contributed by atoms with Crippen molar-refractivity contribution < 1.29 is 4.79 Å². The molecule has 0 unspecified atom stereocenters. The first kappa shape index (κ1) is 19.0. The van der Waals surface area contributed by atoms with Gasteiger partial charge in [0.05, 0.1) is 0 Å². The SMILES string of the molecule is CC[C@]1(CC[Se]c2ccccc2)CCC(=O)N2CCc3c([nH]c4ccccc34)[C@H]21. The molecule has 0 bridgehead atoms. The van der Waals surface area contributed by atoms with E-state index in [1.807, 2.05) is 0 Å². The van der Waals surface area contributed by atoms with Gasteiger partial charge >= 0.3 is 179 Å². The molecule has 3 nitrogen and oxygen atoms in total. The molecule has 0 spiro atoms. The summed E-state index contributed by atoms with van der Waals surface area (Å²) in [6.45, 7) is 3.20. The second-order valence-electron chi connectivity index (χ2n) is 8.43. The summed E-state index contributed by atoms with van der Waals surface area (Å²) in [5.41, 5.74) is 4.17. The molecule has 0 saturated carbocycles. The number of hydrogen-bond donors (Lipinski definition) is 1. The molecule has 0 radical (unpaired) electrons. The average molecular weight is 451 g/mol. The quantitative estimate of drug-likeness (QED) is 0.565. The summed E-state index contributed by atoms with van der Waals surface area (Å²) >= 11 is 0.494. The van der Waals surface area contributed by atoms with E-state index >= 15 is 0 Å². The van der Waals surface area contributed by atoms with Gasteiger partial charge in [-0.1, -0.05) is 0 Å². The van der Waals surface area contributed by atoms with Gasteiger partial charge in [-0.3, -0.25) is 0 Å². The number of nitrogens with zero attached hydrogens (tertiary/aromatic N) is 1. The van der Waals surface area contributed by atoms with Gasteiger partial charge in [0.2, 0.25) is 0 Å². The molecular weight excluding hydrogens is 423 g/mol. The van der Waals surface area contributed by atoms with E-state index in [9.17, 15) is 4.79 Å². The summed E-state index contributed by atoms with van der Waals surface area (Å²) in [5, 5.41) is 2.58. The summed E-state index contributed by atoms with van der Waals surface area (Å²) in [6.07, 6.45) is 5.01. The molecule has 3 heterocycles. The second-order valence-corrected chi connectivity index (χ2v) is 10.9. The van der Waals surface area contributed by atoms with E-state index in [1.165, 1.54) is 38.4 Å². The first-order valence-electron chi connectivity index (χ1n) is 10.8. The van der Waals surface area contributed by atoms with Crippen LogP contribution in [0, 0.1) is 5.41 Å². The maximum absolute atomic E-state index is 12.9. The number of carbonyl (C=O) groups is 1. The minimum absolute atomic E-state index is 0.181. The van der Waals surface area contributed by atoms with E-state index in [1.54, 1.807) is 0 Å². The molecule has 1 saturated heterocycles. The van der Waals surface area contributed by atoms with Crippen molar-refractivity contribution in [3.05, 3.63) is 65.9 Å². The van der Waals surface area contributed by atoms with Gasteiger partial charge in [0.15, 0.2) is 0 Å². The third kappa shape index (κ3) is 3.23. The van der Waals surface area contributed by atoms with E-state index in [4.69, 9.17) is 0 Å². The number of amides is 1. The Hall–Kier alpha value is -2.03. The van der Waals surface area contributed by atoms with Crippen molar-refractivity contribution in [1.29, 1.82) is 0 Å². The average Bonchev–Trinajstić information content (AvgIpc) is 3.15. The molecule has 2 aliphatic rings. The maximum atomic E-state index is 12.9. The Morgan fingerprint density at radius 3 is 2.72 bits per heavy atom. The van der Waals surface area contributed by atoms with Gasteiger partial charge < -0.3 is 0 Å². The van der Waals surface area contributed by atoms with Crippen LogP contribution in [-0.4, -0.2) is 37.3 Å². The molecule has 5 rings (SSSR count). The van der Waals surface area contributed by atoms with Gasteiger partial charge in [0, 0.05) is 0 Å². The Bertz CT molecular complexity index is 1030. The molecular formula is C25H28N2OSe. The zero-order valence-electron chi connectivity index (χ0n) is 17.0. The molecule has 1 N–H and O–H groups in total. The minimum atomic E-state index is 0.181. The van der Waals surface area contributed by atoms with Crippen LogP contribution in [0.1, 0.15) is 49.9 Å². The van der Waals surface area contributed by atoms with Crippen molar-refractivity contribution in [2.75, 3.05) is 6.54 Å². The number of rotatable bonds is 5. The Labute approximate surface area is 179 Å². The molecule has 1 amide bonds. The van der Waals surface area contributed by atoms with E-state index in [0.717, 1.165) is 25.8 Å². The predicted molar refractivity (Wildman–Crippen MR) is 120 cm³/mol. The third-order valence-corrected chi connectivity index (χ3v) is 9.21. The summed E-state index contributed by atoms with van der Waals surface area (Å²) in [5.74, 6) is 0.344. The molecule has 1 aromatic heterocycles. The molecule has 3 aromatic rings. The van der Waals surface area contributed by atoms with Crippen LogP contribution in [0.4, 0.5) is 0 Å². The van der Waals surface area contributed by atoms with Crippen LogP contribution in [0.3, 0.4) is 0 Å². The van der Waals surface area contributed by atoms with Gasteiger partial charge in [-0.25, -0.2) is 0 Å². The monoisotopic (exact) mass is 452 g/mol. The number of piperidine rings is 1. The number of hydrogen-bond acceptors (Lipinski definition) is 1. The zero-order valence-corrected chi connectivity index (χ0v) is 18.7. The van der Waals surface area contributed by atoms with E-state index < -0.39 is 0 Å². The molecule has 2 aromatic carbocycles. The molecule has 29 heavy (non-hydrogen) atoms. The Morgan fingerprint density at radius 2 is 1.90 bits per heavy atom. The number of carbonyl (C=O) groups excluding carboxylic acids is 1. The van der Waals surface area contributed by atoms with Crippen LogP contribution in [0.5, 0.6) is 0 Å². The van der Waals surface area contributed by atoms with Crippen LogP contribution in [0.15, 0.2) is 54.6 Å². The van der Waals surface area contributed by atoms with Gasteiger partial charge in [-0.2, -0.15) is 0 Å². The summed E-state index contributed by atoms with van der Waals surface area (Å²) in [4.78, 5) is 18.8. The van der Waals surface area contributed by atoms with Gasteiger partial charge in [0.1, 0.15) is 0 Å². The van der Waals surface area contributed by atoms with Crippen LogP contribution in [0.2, 0.25) is 5.32 Å². The first-order chi connectivity index (χ1) is 14.2. The van der Waals surface area contributed by atoms with Crippen molar-refractivity contribution in [3.63, 3.8) is 0 Å². The van der Waals surface area contributed by atoms with Gasteiger partial charge in [-0.05, 0) is 0 Å². The predicted octanol–water partition coefficient (Wildman–Crippen LogP) is 4.62. The summed E-state index contributed by atoms with van der Waals surface area (Å²) in [6, 6.07) is 19.7. The normalized spacial score (nSPS) is 23.8. The number of H-pyrrole nitrogens is 1. The number of aromatic amines is 1. The molecule has 0 aliphatic carbocycles. The van der Waals surface area contributed by atoms with Crippen LogP contribution in [0.25, 0.3) is 10.9 Å². The fourth-order valence-corrected chi connectivity index (χ4v) is 7.77. The van der Waals surface area contributed by atoms with Gasteiger partial charge in [-0.15, -0.1) is 0 Å². The molecule has 2 aliphatic heterocycles.